The van der Waals surface area contributed by atoms with Crippen LogP contribution >= 0.6 is 11.6 Å². The molecule has 3 N–H and O–H groups in total. The number of benzene rings is 1. The molecule has 0 aromatic heterocycles. The van der Waals surface area contributed by atoms with Crippen molar-refractivity contribution in [1.82, 2.24) is 0 Å². The van der Waals surface area contributed by atoms with E-state index in [0.717, 1.165) is 24.0 Å². The van der Waals surface area contributed by atoms with Gasteiger partial charge in [-0.25, -0.2) is 0 Å². The van der Waals surface area contributed by atoms with Gasteiger partial charge in [-0.2, -0.15) is 0 Å². The van der Waals surface area contributed by atoms with Crippen molar-refractivity contribution in [3.63, 3.8) is 0 Å². The molecule has 2 rings (SSSR count). The van der Waals surface area contributed by atoms with E-state index in [0.29, 0.717) is 10.8 Å². The second kappa shape index (κ2) is 4.07. The Morgan fingerprint density at radius 1 is 1.53 bits per heavy atom. The van der Waals surface area contributed by atoms with E-state index in [1.54, 1.807) is 0 Å². The molecule has 0 saturated heterocycles. The van der Waals surface area contributed by atoms with Crippen molar-refractivity contribution in [2.24, 2.45) is 5.73 Å². The SMILES string of the molecule is COc1c(Cl)cc(C)c(C2(C(C)N)CC2)c1O. The van der Waals surface area contributed by atoms with E-state index in [9.17, 15) is 5.11 Å². The van der Waals surface area contributed by atoms with Crippen LogP contribution in [-0.2, 0) is 5.41 Å². The lowest BCUT2D eigenvalue weighted by Gasteiger charge is -2.24. The number of aromatic hydroxyl groups is 1. The zero-order chi connectivity index (χ0) is 12.8. The highest BCUT2D eigenvalue weighted by Crippen LogP contribution is 2.56. The third-order valence-electron chi connectivity index (χ3n) is 3.77. The maximum Gasteiger partial charge on any atom is 0.179 e. The fraction of sp³-hybridized carbons (Fsp3) is 0.538. The molecule has 1 unspecified atom stereocenters. The van der Waals surface area contributed by atoms with E-state index in [4.69, 9.17) is 22.1 Å². The molecular formula is C13H18ClNO2. The summed E-state index contributed by atoms with van der Waals surface area (Å²) < 4.78 is 5.15. The van der Waals surface area contributed by atoms with Gasteiger partial charge in [0.25, 0.3) is 0 Å². The van der Waals surface area contributed by atoms with Gasteiger partial charge in [0.1, 0.15) is 0 Å². The van der Waals surface area contributed by atoms with Gasteiger partial charge in [-0.15, -0.1) is 0 Å². The van der Waals surface area contributed by atoms with Crippen LogP contribution in [0.1, 0.15) is 30.9 Å². The van der Waals surface area contributed by atoms with Gasteiger partial charge in [-0.3, -0.25) is 0 Å². The van der Waals surface area contributed by atoms with Crippen LogP contribution in [-0.4, -0.2) is 18.3 Å². The second-order valence-electron chi connectivity index (χ2n) is 4.88. The van der Waals surface area contributed by atoms with Gasteiger partial charge >= 0.3 is 0 Å². The van der Waals surface area contributed by atoms with Crippen LogP contribution in [0.5, 0.6) is 11.5 Å². The molecule has 4 heteroatoms. The van der Waals surface area contributed by atoms with Gasteiger partial charge in [0, 0.05) is 17.0 Å². The Morgan fingerprint density at radius 2 is 2.12 bits per heavy atom. The van der Waals surface area contributed by atoms with Crippen LogP contribution in [0.4, 0.5) is 0 Å². The summed E-state index contributed by atoms with van der Waals surface area (Å²) in [7, 11) is 1.51. The lowest BCUT2D eigenvalue weighted by Crippen LogP contribution is -2.32. The van der Waals surface area contributed by atoms with Crippen molar-refractivity contribution in [2.75, 3.05) is 7.11 Å². The zero-order valence-corrected chi connectivity index (χ0v) is 11.1. The van der Waals surface area contributed by atoms with Gasteiger partial charge < -0.3 is 15.6 Å². The normalized spacial score (nSPS) is 18.9. The van der Waals surface area contributed by atoms with E-state index in [2.05, 4.69) is 0 Å². The van der Waals surface area contributed by atoms with Crippen LogP contribution < -0.4 is 10.5 Å². The monoisotopic (exact) mass is 255 g/mol. The Labute approximate surface area is 107 Å². The minimum Gasteiger partial charge on any atom is -0.504 e. The summed E-state index contributed by atoms with van der Waals surface area (Å²) >= 11 is 6.04. The smallest absolute Gasteiger partial charge is 0.179 e. The summed E-state index contributed by atoms with van der Waals surface area (Å²) in [5.74, 6) is 0.492. The van der Waals surface area contributed by atoms with Crippen LogP contribution in [0.3, 0.4) is 0 Å². The van der Waals surface area contributed by atoms with E-state index in [1.807, 2.05) is 19.9 Å². The molecule has 1 aromatic rings. The molecule has 3 nitrogen and oxygen atoms in total. The molecule has 17 heavy (non-hydrogen) atoms. The number of halogens is 1. The standard InChI is InChI=1S/C13H18ClNO2/c1-7-6-9(14)12(17-3)11(16)10(7)13(4-5-13)8(2)15/h6,8,16H,4-5,15H2,1-3H3. The molecule has 0 aliphatic heterocycles. The van der Waals surface area contributed by atoms with Crippen molar-refractivity contribution in [2.45, 2.75) is 38.1 Å². The summed E-state index contributed by atoms with van der Waals surface area (Å²) in [6.07, 6.45) is 2.01. The Kier molecular flexibility index (Phi) is 3.00. The van der Waals surface area contributed by atoms with Crippen molar-refractivity contribution >= 4 is 11.6 Å². The molecule has 1 saturated carbocycles. The third kappa shape index (κ3) is 1.78. The van der Waals surface area contributed by atoms with Crippen molar-refractivity contribution in [3.8, 4) is 11.5 Å². The first kappa shape index (κ1) is 12.5. The first-order chi connectivity index (χ1) is 7.94. The summed E-state index contributed by atoms with van der Waals surface area (Å²) in [5.41, 5.74) is 7.81. The molecule has 1 fully saturated rings. The summed E-state index contributed by atoms with van der Waals surface area (Å²) in [6, 6.07) is 1.84. The number of ether oxygens (including phenoxy) is 1. The summed E-state index contributed by atoms with van der Waals surface area (Å²) in [5, 5.41) is 10.7. The zero-order valence-electron chi connectivity index (χ0n) is 10.4. The fourth-order valence-electron chi connectivity index (χ4n) is 2.63. The van der Waals surface area contributed by atoms with Gasteiger partial charge in [0.15, 0.2) is 11.5 Å². The van der Waals surface area contributed by atoms with Crippen LogP contribution in [0.25, 0.3) is 0 Å². The van der Waals surface area contributed by atoms with Crippen LogP contribution in [0.2, 0.25) is 5.02 Å². The lowest BCUT2D eigenvalue weighted by atomic mass is 9.85. The first-order valence-corrected chi connectivity index (χ1v) is 6.14. The number of methoxy groups -OCH3 is 1. The molecular weight excluding hydrogens is 238 g/mol. The third-order valence-corrected chi connectivity index (χ3v) is 4.05. The number of phenolic OH excluding ortho intramolecular Hbond substituents is 1. The molecule has 0 amide bonds. The minimum absolute atomic E-state index is 0.0120. The number of nitrogens with two attached hydrogens (primary N) is 1. The van der Waals surface area contributed by atoms with E-state index < -0.39 is 0 Å². The van der Waals surface area contributed by atoms with Crippen molar-refractivity contribution in [1.29, 1.82) is 0 Å². The summed E-state index contributed by atoms with van der Waals surface area (Å²) in [4.78, 5) is 0. The van der Waals surface area contributed by atoms with Gasteiger partial charge in [0.05, 0.1) is 12.1 Å². The van der Waals surface area contributed by atoms with Gasteiger partial charge in [-0.1, -0.05) is 11.6 Å². The number of hydrogen-bond donors (Lipinski definition) is 2. The van der Waals surface area contributed by atoms with Gasteiger partial charge in [-0.05, 0) is 38.3 Å². The number of aryl methyl sites for hydroxylation is 1. The molecule has 1 aliphatic carbocycles. The minimum atomic E-state index is -0.105. The molecule has 94 valence electrons. The Bertz CT molecular complexity index is 453. The Hall–Kier alpha value is -0.930. The van der Waals surface area contributed by atoms with E-state index in [-0.39, 0.29) is 17.2 Å². The molecule has 1 atom stereocenters. The maximum absolute atomic E-state index is 10.3. The molecule has 0 heterocycles. The Balaban J connectivity index is 2.62. The summed E-state index contributed by atoms with van der Waals surface area (Å²) in [6.45, 7) is 3.93. The highest BCUT2D eigenvalue weighted by molar-refractivity contribution is 6.32. The van der Waals surface area contributed by atoms with E-state index >= 15 is 0 Å². The number of phenols is 1. The maximum atomic E-state index is 10.3. The van der Waals surface area contributed by atoms with Crippen LogP contribution in [0, 0.1) is 6.92 Å². The molecule has 0 spiro atoms. The molecule has 1 aromatic carbocycles. The lowest BCUT2D eigenvalue weighted by molar-refractivity contribution is 0.364. The average Bonchev–Trinajstić information content (AvgIpc) is 2.98. The van der Waals surface area contributed by atoms with Crippen molar-refractivity contribution < 1.29 is 9.84 Å². The second-order valence-corrected chi connectivity index (χ2v) is 5.28. The largest absolute Gasteiger partial charge is 0.504 e. The highest BCUT2D eigenvalue weighted by atomic mass is 35.5. The van der Waals surface area contributed by atoms with Crippen LogP contribution in [0.15, 0.2) is 6.07 Å². The first-order valence-electron chi connectivity index (χ1n) is 5.76. The quantitative estimate of drug-likeness (QED) is 0.873. The predicted octanol–water partition coefficient (Wildman–Crippen LogP) is 2.74. The molecule has 1 aliphatic rings. The topological polar surface area (TPSA) is 55.5 Å². The fourth-order valence-corrected chi connectivity index (χ4v) is 2.96. The molecule has 0 bridgehead atoms. The van der Waals surface area contributed by atoms with Gasteiger partial charge in [0.2, 0.25) is 0 Å². The molecule has 0 radical (unpaired) electrons. The average molecular weight is 256 g/mol. The van der Waals surface area contributed by atoms with Crippen molar-refractivity contribution in [3.05, 3.63) is 22.2 Å². The predicted molar refractivity (Wildman–Crippen MR) is 69.0 cm³/mol. The van der Waals surface area contributed by atoms with E-state index in [1.165, 1.54) is 7.11 Å². The highest BCUT2D eigenvalue weighted by Gasteiger charge is 2.50. The number of hydrogen-bond acceptors (Lipinski definition) is 3. The Morgan fingerprint density at radius 3 is 2.53 bits per heavy atom. The number of rotatable bonds is 3.